The Kier molecular flexibility index (Phi) is 4.80. The summed E-state index contributed by atoms with van der Waals surface area (Å²) in [5.41, 5.74) is 1.79. The average molecular weight is 370 g/mol. The van der Waals surface area contributed by atoms with Gasteiger partial charge in [0.05, 0.1) is 11.0 Å². The predicted octanol–water partition coefficient (Wildman–Crippen LogP) is 3.79. The van der Waals surface area contributed by atoms with Crippen LogP contribution < -0.4 is 10.1 Å². The summed E-state index contributed by atoms with van der Waals surface area (Å²) in [4.78, 5) is 17.0. The lowest BCUT2D eigenvalue weighted by Crippen LogP contribution is -2.30. The molecule has 0 aliphatic heterocycles. The Balaban J connectivity index is 1.52. The van der Waals surface area contributed by atoms with E-state index in [2.05, 4.69) is 10.3 Å². The summed E-state index contributed by atoms with van der Waals surface area (Å²) < 4.78 is 7.76. The van der Waals surface area contributed by atoms with E-state index < -0.39 is 0 Å². The van der Waals surface area contributed by atoms with Crippen molar-refractivity contribution in [3.63, 3.8) is 0 Å². The van der Waals surface area contributed by atoms with Crippen LogP contribution in [0.4, 0.5) is 0 Å². The predicted molar refractivity (Wildman–Crippen MR) is 101 cm³/mol. The number of aromatic nitrogens is 2. The minimum atomic E-state index is 0.00722. The summed E-state index contributed by atoms with van der Waals surface area (Å²) in [6.45, 7) is 1.29. The first-order chi connectivity index (χ1) is 12.7. The molecule has 1 aliphatic rings. The third-order valence-electron chi connectivity index (χ3n) is 4.50. The van der Waals surface area contributed by atoms with Crippen molar-refractivity contribution < 1.29 is 9.53 Å². The van der Waals surface area contributed by atoms with Crippen LogP contribution in [0.3, 0.4) is 0 Å². The number of hydrogen-bond donors (Lipinski definition) is 1. The van der Waals surface area contributed by atoms with Crippen LogP contribution >= 0.6 is 11.6 Å². The van der Waals surface area contributed by atoms with E-state index in [-0.39, 0.29) is 19.1 Å². The van der Waals surface area contributed by atoms with Gasteiger partial charge in [-0.25, -0.2) is 4.98 Å². The molecule has 134 valence electrons. The standard InChI is InChI=1S/C20H20ClN3O2/c21-15-7-9-16(10-8-15)26-13-19-23-17-3-1-2-4-18(17)24(19)12-20(25)22-11-14-5-6-14/h1-4,7-10,14H,5-6,11-13H2,(H,22,25). The highest BCUT2D eigenvalue weighted by Gasteiger charge is 2.22. The molecule has 2 aromatic carbocycles. The van der Waals surface area contributed by atoms with Gasteiger partial charge in [0.2, 0.25) is 5.91 Å². The molecule has 5 nitrogen and oxygen atoms in total. The summed E-state index contributed by atoms with van der Waals surface area (Å²) in [5, 5.41) is 3.68. The molecule has 0 unspecified atom stereocenters. The number of nitrogens with zero attached hydrogens (tertiary/aromatic N) is 2. The minimum Gasteiger partial charge on any atom is -0.486 e. The number of amides is 1. The molecular weight excluding hydrogens is 350 g/mol. The average Bonchev–Trinajstić information content (AvgIpc) is 3.42. The van der Waals surface area contributed by atoms with E-state index in [0.717, 1.165) is 23.4 Å². The zero-order chi connectivity index (χ0) is 17.9. The van der Waals surface area contributed by atoms with Crippen LogP contribution in [0, 0.1) is 5.92 Å². The number of carbonyl (C=O) groups excluding carboxylic acids is 1. The van der Waals surface area contributed by atoms with Crippen molar-refractivity contribution in [3.8, 4) is 5.75 Å². The fourth-order valence-corrected chi connectivity index (χ4v) is 3.00. The Morgan fingerprint density at radius 2 is 1.96 bits per heavy atom. The van der Waals surface area contributed by atoms with Gasteiger partial charge >= 0.3 is 0 Å². The smallest absolute Gasteiger partial charge is 0.240 e. The van der Waals surface area contributed by atoms with E-state index in [0.29, 0.717) is 16.7 Å². The Morgan fingerprint density at radius 3 is 2.73 bits per heavy atom. The van der Waals surface area contributed by atoms with E-state index in [1.807, 2.05) is 41.0 Å². The van der Waals surface area contributed by atoms with E-state index in [1.54, 1.807) is 12.1 Å². The van der Waals surface area contributed by atoms with Crippen LogP contribution in [0.25, 0.3) is 11.0 Å². The molecule has 0 saturated heterocycles. The SMILES string of the molecule is O=C(Cn1c(COc2ccc(Cl)cc2)nc2ccccc21)NCC1CC1. The van der Waals surface area contributed by atoms with Gasteiger partial charge in [0.25, 0.3) is 0 Å². The molecule has 0 atom stereocenters. The normalized spacial score (nSPS) is 13.7. The number of para-hydroxylation sites is 2. The highest BCUT2D eigenvalue weighted by Crippen LogP contribution is 2.27. The lowest BCUT2D eigenvalue weighted by molar-refractivity contribution is -0.121. The van der Waals surface area contributed by atoms with E-state index >= 15 is 0 Å². The van der Waals surface area contributed by atoms with Gasteiger partial charge in [0.15, 0.2) is 0 Å². The number of imidazole rings is 1. The second kappa shape index (κ2) is 7.38. The number of benzene rings is 2. The molecule has 3 aromatic rings. The maximum Gasteiger partial charge on any atom is 0.240 e. The van der Waals surface area contributed by atoms with Gasteiger partial charge in [-0.2, -0.15) is 0 Å². The highest BCUT2D eigenvalue weighted by atomic mass is 35.5. The number of ether oxygens (including phenoxy) is 1. The van der Waals surface area contributed by atoms with Gasteiger partial charge in [-0.3, -0.25) is 4.79 Å². The molecule has 0 radical (unpaired) electrons. The van der Waals surface area contributed by atoms with Crippen molar-refractivity contribution in [2.45, 2.75) is 26.0 Å². The monoisotopic (exact) mass is 369 g/mol. The van der Waals surface area contributed by atoms with Crippen LogP contribution in [0.15, 0.2) is 48.5 Å². The number of carbonyl (C=O) groups is 1. The first-order valence-electron chi connectivity index (χ1n) is 8.78. The maximum absolute atomic E-state index is 12.3. The molecule has 4 rings (SSSR count). The van der Waals surface area contributed by atoms with Crippen molar-refractivity contribution in [2.24, 2.45) is 5.92 Å². The van der Waals surface area contributed by atoms with E-state index in [1.165, 1.54) is 12.8 Å². The van der Waals surface area contributed by atoms with E-state index in [4.69, 9.17) is 16.3 Å². The van der Waals surface area contributed by atoms with Crippen LogP contribution in [-0.2, 0) is 17.9 Å². The fraction of sp³-hybridized carbons (Fsp3) is 0.300. The molecule has 1 saturated carbocycles. The molecule has 1 amide bonds. The lowest BCUT2D eigenvalue weighted by atomic mass is 10.3. The summed E-state index contributed by atoms with van der Waals surface area (Å²) in [7, 11) is 0. The first-order valence-corrected chi connectivity index (χ1v) is 9.16. The molecule has 1 aromatic heterocycles. The van der Waals surface area contributed by atoms with E-state index in [9.17, 15) is 4.79 Å². The Hall–Kier alpha value is -2.53. The van der Waals surface area contributed by atoms with Crippen LogP contribution in [0.5, 0.6) is 5.75 Å². The molecule has 1 heterocycles. The van der Waals surface area contributed by atoms with Crippen LogP contribution in [0.1, 0.15) is 18.7 Å². The first kappa shape index (κ1) is 16.9. The van der Waals surface area contributed by atoms with Crippen LogP contribution in [0.2, 0.25) is 5.02 Å². The minimum absolute atomic E-state index is 0.00722. The molecule has 1 fully saturated rings. The molecule has 1 N–H and O–H groups in total. The Labute approximate surface area is 156 Å². The second-order valence-electron chi connectivity index (χ2n) is 6.59. The summed E-state index contributed by atoms with van der Waals surface area (Å²) in [5.74, 6) is 2.10. The topological polar surface area (TPSA) is 56.2 Å². The van der Waals surface area contributed by atoms with Gasteiger partial charge in [0, 0.05) is 11.6 Å². The van der Waals surface area contributed by atoms with Crippen molar-refractivity contribution >= 4 is 28.5 Å². The summed E-state index contributed by atoms with van der Waals surface area (Å²) in [6, 6.07) is 15.0. The molecule has 6 heteroatoms. The van der Waals surface area contributed by atoms with Gasteiger partial charge in [-0.15, -0.1) is 0 Å². The quantitative estimate of drug-likeness (QED) is 0.689. The maximum atomic E-state index is 12.3. The van der Waals surface area contributed by atoms with Gasteiger partial charge in [0.1, 0.15) is 24.7 Å². The number of hydrogen-bond acceptors (Lipinski definition) is 3. The molecule has 1 aliphatic carbocycles. The van der Waals surface area contributed by atoms with Gasteiger partial charge < -0.3 is 14.6 Å². The van der Waals surface area contributed by atoms with Crippen molar-refractivity contribution in [1.29, 1.82) is 0 Å². The summed E-state index contributed by atoms with van der Waals surface area (Å²) in [6.07, 6.45) is 2.43. The summed E-state index contributed by atoms with van der Waals surface area (Å²) >= 11 is 5.90. The van der Waals surface area contributed by atoms with Crippen molar-refractivity contribution in [1.82, 2.24) is 14.9 Å². The zero-order valence-corrected chi connectivity index (χ0v) is 15.1. The Bertz CT molecular complexity index is 916. The molecule has 0 bridgehead atoms. The number of rotatable bonds is 7. The van der Waals surface area contributed by atoms with Gasteiger partial charge in [-0.05, 0) is 55.2 Å². The fourth-order valence-electron chi connectivity index (χ4n) is 2.87. The highest BCUT2D eigenvalue weighted by molar-refractivity contribution is 6.30. The number of nitrogens with one attached hydrogen (secondary N) is 1. The van der Waals surface area contributed by atoms with Gasteiger partial charge in [-0.1, -0.05) is 23.7 Å². The Morgan fingerprint density at radius 1 is 1.19 bits per heavy atom. The third kappa shape index (κ3) is 3.99. The second-order valence-corrected chi connectivity index (χ2v) is 7.03. The molecular formula is C20H20ClN3O2. The largest absolute Gasteiger partial charge is 0.486 e. The molecule has 0 spiro atoms. The number of halogens is 1. The molecule has 26 heavy (non-hydrogen) atoms. The zero-order valence-electron chi connectivity index (χ0n) is 14.3. The third-order valence-corrected chi connectivity index (χ3v) is 4.75. The lowest BCUT2D eigenvalue weighted by Gasteiger charge is -2.11. The van der Waals surface area contributed by atoms with Crippen molar-refractivity contribution in [2.75, 3.05) is 6.54 Å². The van der Waals surface area contributed by atoms with Crippen LogP contribution in [-0.4, -0.2) is 22.0 Å². The van der Waals surface area contributed by atoms with Crippen molar-refractivity contribution in [3.05, 3.63) is 59.4 Å². The number of fused-ring (bicyclic) bond motifs is 1.